The fourth-order valence-corrected chi connectivity index (χ4v) is 3.82. The summed E-state index contributed by atoms with van der Waals surface area (Å²) in [6.45, 7) is 2.28. The van der Waals surface area contributed by atoms with Gasteiger partial charge in [-0.15, -0.1) is 0 Å². The quantitative estimate of drug-likeness (QED) is 0.312. The van der Waals surface area contributed by atoms with Gasteiger partial charge in [0.15, 0.2) is 0 Å². The Kier molecular flexibility index (Phi) is 7.67. The van der Waals surface area contributed by atoms with E-state index in [0.29, 0.717) is 0 Å². The molecule has 2 aromatic rings. The van der Waals surface area contributed by atoms with Crippen LogP contribution in [-0.4, -0.2) is 51.5 Å². The minimum Gasteiger partial charge on any atom is -0.465 e. The second kappa shape index (κ2) is 10.5. The van der Waals surface area contributed by atoms with Gasteiger partial charge < -0.3 is 14.0 Å². The second-order valence-electron chi connectivity index (χ2n) is 7.37. The molecule has 13 heteroatoms. The molecule has 0 bridgehead atoms. The Morgan fingerprint density at radius 3 is 2.49 bits per heavy atom. The summed E-state index contributed by atoms with van der Waals surface area (Å²) in [4.78, 5) is 44.2. The number of aromatic nitrogens is 2. The predicted molar refractivity (Wildman–Crippen MR) is 115 cm³/mol. The molecule has 2 atom stereocenters. The van der Waals surface area contributed by atoms with Crippen molar-refractivity contribution in [2.45, 2.75) is 32.5 Å². The van der Waals surface area contributed by atoms with Gasteiger partial charge in [0.25, 0.3) is 5.69 Å². The molecule has 1 aromatic heterocycles. The molecule has 0 amide bonds. The monoisotopic (exact) mass is 494 g/mol. The van der Waals surface area contributed by atoms with Gasteiger partial charge >= 0.3 is 18.1 Å². The smallest absolute Gasteiger partial charge is 0.430 e. The van der Waals surface area contributed by atoms with Gasteiger partial charge in [-0.2, -0.15) is 13.2 Å². The minimum atomic E-state index is -5.07. The fourth-order valence-electron chi connectivity index (χ4n) is 3.82. The van der Waals surface area contributed by atoms with Crippen LogP contribution < -0.4 is 0 Å². The van der Waals surface area contributed by atoms with Crippen LogP contribution in [0.1, 0.15) is 25.3 Å². The molecule has 0 radical (unpaired) electrons. The van der Waals surface area contributed by atoms with E-state index in [9.17, 15) is 32.9 Å². The number of carbonyl (C=O) groups excluding carboxylic acids is 2. The topological polar surface area (TPSA) is 126 Å². The van der Waals surface area contributed by atoms with Crippen LogP contribution in [0.2, 0.25) is 0 Å². The van der Waals surface area contributed by atoms with E-state index in [4.69, 9.17) is 9.47 Å². The first-order valence-corrected chi connectivity index (χ1v) is 10.5. The Hall–Kier alpha value is -4.03. The number of aliphatic imine (C=N–C) groups is 1. The highest BCUT2D eigenvalue weighted by atomic mass is 19.4. The third-order valence-electron chi connectivity index (χ3n) is 5.16. The van der Waals surface area contributed by atoms with Crippen molar-refractivity contribution in [3.8, 4) is 0 Å². The van der Waals surface area contributed by atoms with Gasteiger partial charge in [0.05, 0.1) is 42.3 Å². The number of allylic oxidation sites excluding steroid dienone is 1. The lowest BCUT2D eigenvalue weighted by atomic mass is 9.74. The number of nitrogens with zero attached hydrogens (tertiary/aromatic N) is 4. The van der Waals surface area contributed by atoms with E-state index >= 15 is 0 Å². The number of hydrogen-bond acceptors (Lipinski definition) is 8. The molecule has 2 heterocycles. The van der Waals surface area contributed by atoms with Crippen LogP contribution >= 0.6 is 0 Å². The van der Waals surface area contributed by atoms with Crippen molar-refractivity contribution >= 4 is 23.3 Å². The number of imidazole rings is 1. The first-order valence-electron chi connectivity index (χ1n) is 10.5. The zero-order valence-corrected chi connectivity index (χ0v) is 18.7. The minimum absolute atomic E-state index is 0.0694. The third-order valence-corrected chi connectivity index (χ3v) is 5.16. The summed E-state index contributed by atoms with van der Waals surface area (Å²) in [6, 6.07) is 4.72. The summed E-state index contributed by atoms with van der Waals surface area (Å²) in [5, 5.41) is 11.4. The number of carbonyl (C=O) groups is 2. The standard InChI is InChI=1S/C22H21F3N4O6/c1-3-34-20(30)17-15(11-28-9-8-26-12-28)27-19(22(23,24)25)18(21(31)35-4-2)16(17)13-6-5-7-14(10-13)29(32)33/h5-10,12,16,18H,3-4,11H2,1-2H3. The van der Waals surface area contributed by atoms with E-state index in [0.717, 1.165) is 12.1 Å². The summed E-state index contributed by atoms with van der Waals surface area (Å²) >= 11 is 0. The molecule has 186 valence electrons. The lowest BCUT2D eigenvalue weighted by molar-refractivity contribution is -0.384. The number of rotatable bonds is 8. The molecule has 2 unspecified atom stereocenters. The zero-order valence-electron chi connectivity index (χ0n) is 18.7. The van der Waals surface area contributed by atoms with Gasteiger partial charge in [-0.3, -0.25) is 14.9 Å². The molecule has 3 rings (SSSR count). The summed E-state index contributed by atoms with van der Waals surface area (Å²) in [6.07, 6.45) is -0.908. The molecule has 0 spiro atoms. The first-order chi connectivity index (χ1) is 16.6. The van der Waals surface area contributed by atoms with E-state index in [1.807, 2.05) is 0 Å². The van der Waals surface area contributed by atoms with E-state index in [-0.39, 0.29) is 36.6 Å². The van der Waals surface area contributed by atoms with Crippen molar-refractivity contribution in [3.63, 3.8) is 0 Å². The molecule has 0 fully saturated rings. The maximum atomic E-state index is 14.2. The van der Waals surface area contributed by atoms with Crippen LogP contribution in [-0.2, 0) is 25.6 Å². The SMILES string of the molecule is CCOC(=O)C1=C(Cn2ccnc2)N=C(C(F)(F)F)C(C(=O)OCC)C1c1cccc([N+](=O)[O-])c1. The maximum Gasteiger partial charge on any atom is 0.430 e. The van der Waals surface area contributed by atoms with Crippen LogP contribution in [0, 0.1) is 16.0 Å². The molecular formula is C22H21F3N4O6. The van der Waals surface area contributed by atoms with E-state index in [1.54, 1.807) is 0 Å². The first kappa shape index (κ1) is 25.6. The number of non-ortho nitro benzene ring substituents is 1. The van der Waals surface area contributed by atoms with E-state index < -0.39 is 46.3 Å². The van der Waals surface area contributed by atoms with Gasteiger partial charge in [-0.25, -0.2) is 14.8 Å². The van der Waals surface area contributed by atoms with Gasteiger partial charge in [0.2, 0.25) is 0 Å². The lowest BCUT2D eigenvalue weighted by Gasteiger charge is -2.33. The Balaban J connectivity index is 2.35. The molecule has 0 N–H and O–H groups in total. The van der Waals surface area contributed by atoms with Gasteiger partial charge in [-0.05, 0) is 19.4 Å². The number of benzene rings is 1. The van der Waals surface area contributed by atoms with Gasteiger partial charge in [-0.1, -0.05) is 12.1 Å². The highest BCUT2D eigenvalue weighted by Gasteiger charge is 2.53. The van der Waals surface area contributed by atoms with Crippen molar-refractivity contribution in [3.05, 3.63) is 69.9 Å². The number of nitro benzene ring substituents is 1. The Morgan fingerprint density at radius 2 is 1.91 bits per heavy atom. The van der Waals surface area contributed by atoms with Crippen molar-refractivity contribution in [1.82, 2.24) is 9.55 Å². The highest BCUT2D eigenvalue weighted by Crippen LogP contribution is 2.44. The normalized spacial score (nSPS) is 18.1. The average Bonchev–Trinajstić information content (AvgIpc) is 3.31. The lowest BCUT2D eigenvalue weighted by Crippen LogP contribution is -2.44. The molecule has 10 nitrogen and oxygen atoms in total. The van der Waals surface area contributed by atoms with Crippen molar-refractivity contribution in [2.24, 2.45) is 10.9 Å². The highest BCUT2D eigenvalue weighted by molar-refractivity contribution is 6.10. The molecule has 1 aliphatic rings. The second-order valence-corrected chi connectivity index (χ2v) is 7.37. The van der Waals surface area contributed by atoms with Crippen molar-refractivity contribution in [2.75, 3.05) is 13.2 Å². The Labute approximate surface area is 197 Å². The van der Waals surface area contributed by atoms with Crippen LogP contribution in [0.25, 0.3) is 0 Å². The average molecular weight is 494 g/mol. The van der Waals surface area contributed by atoms with Gasteiger partial charge in [0, 0.05) is 30.4 Å². The molecule has 0 saturated heterocycles. The van der Waals surface area contributed by atoms with Crippen molar-refractivity contribution < 1.29 is 37.2 Å². The number of alkyl halides is 3. The van der Waals surface area contributed by atoms with Crippen LogP contribution in [0.5, 0.6) is 0 Å². The molecule has 1 aliphatic heterocycles. The number of hydrogen-bond donors (Lipinski definition) is 0. The number of halogens is 3. The Bertz CT molecular complexity index is 1170. The number of nitro groups is 1. The molecular weight excluding hydrogens is 473 g/mol. The summed E-state index contributed by atoms with van der Waals surface area (Å²) in [7, 11) is 0. The van der Waals surface area contributed by atoms with Crippen LogP contribution in [0.4, 0.5) is 18.9 Å². The maximum absolute atomic E-state index is 14.2. The van der Waals surface area contributed by atoms with Crippen LogP contribution in [0.15, 0.2) is 59.2 Å². The Morgan fingerprint density at radius 1 is 1.20 bits per heavy atom. The summed E-state index contributed by atoms with van der Waals surface area (Å²) in [5.41, 5.74) is -2.62. The third kappa shape index (κ3) is 5.55. The molecule has 1 aromatic carbocycles. The zero-order chi connectivity index (χ0) is 25.8. The fraction of sp³-hybridized carbons (Fsp3) is 0.364. The largest absolute Gasteiger partial charge is 0.465 e. The molecule has 0 saturated carbocycles. The van der Waals surface area contributed by atoms with Gasteiger partial charge in [0.1, 0.15) is 11.6 Å². The van der Waals surface area contributed by atoms with E-state index in [2.05, 4.69) is 9.98 Å². The molecule has 0 aliphatic carbocycles. The number of esters is 2. The number of ether oxygens (including phenoxy) is 2. The summed E-state index contributed by atoms with van der Waals surface area (Å²) < 4.78 is 54.1. The molecule has 35 heavy (non-hydrogen) atoms. The predicted octanol–water partition coefficient (Wildman–Crippen LogP) is 3.59. The van der Waals surface area contributed by atoms with Crippen LogP contribution in [0.3, 0.4) is 0 Å². The summed E-state index contributed by atoms with van der Waals surface area (Å²) in [5.74, 6) is -5.98. The van der Waals surface area contributed by atoms with Crippen molar-refractivity contribution in [1.29, 1.82) is 0 Å². The van der Waals surface area contributed by atoms with E-state index in [1.165, 1.54) is 49.3 Å².